The van der Waals surface area contributed by atoms with E-state index in [1.54, 1.807) is 11.8 Å². The Hall–Kier alpha value is -0.790. The van der Waals surface area contributed by atoms with Crippen molar-refractivity contribution in [1.29, 1.82) is 0 Å². The van der Waals surface area contributed by atoms with Gasteiger partial charge in [-0.05, 0) is 56.7 Å². The van der Waals surface area contributed by atoms with E-state index in [1.165, 1.54) is 0 Å². The number of nitrogens with two attached hydrogens (primary N) is 1. The smallest absolute Gasteiger partial charge is 0.327 e. The molecule has 0 aliphatic rings. The Labute approximate surface area is 182 Å². The molecule has 0 aliphatic heterocycles. The van der Waals surface area contributed by atoms with Crippen LogP contribution in [-0.2, 0) is 14.3 Å². The van der Waals surface area contributed by atoms with Crippen LogP contribution in [0, 0.1) is 11.3 Å². The molecule has 0 aromatic heterocycles. The summed E-state index contributed by atoms with van der Waals surface area (Å²) in [5.74, 6) is 0.577. The molecular formula is C22H44N2O4S. The summed E-state index contributed by atoms with van der Waals surface area (Å²) >= 11 is 1.57. The molecule has 1 atom stereocenters. The fraction of sp³-hybridized carbons (Fsp3) is 0.909. The number of thioether (sulfide) groups is 1. The van der Waals surface area contributed by atoms with Gasteiger partial charge in [0.05, 0.1) is 11.0 Å². The molecule has 0 radical (unpaired) electrons. The molecule has 4 N–H and O–H groups in total. The Balaban J connectivity index is 5.08. The number of carboxylic acid groups (broad SMARTS) is 1. The third-order valence-corrected chi connectivity index (χ3v) is 7.52. The lowest BCUT2D eigenvalue weighted by atomic mass is 9.78. The average Bonchev–Trinajstić information content (AvgIpc) is 2.69. The lowest BCUT2D eigenvalue weighted by Crippen LogP contribution is -2.50. The molecule has 6 nitrogen and oxygen atoms in total. The second-order valence-corrected chi connectivity index (χ2v) is 9.39. The fourth-order valence-corrected chi connectivity index (χ4v) is 4.62. The SMILES string of the molecule is CCC(CC)(CCN)OCCC(CC)(CC)C(=O)N[C@@H](CSCC(C)C)C(=O)O. The van der Waals surface area contributed by atoms with E-state index in [9.17, 15) is 14.7 Å². The summed E-state index contributed by atoms with van der Waals surface area (Å²) in [5, 5.41) is 12.3. The number of amides is 1. The van der Waals surface area contributed by atoms with Crippen molar-refractivity contribution in [3.63, 3.8) is 0 Å². The first-order valence-corrected chi connectivity index (χ1v) is 12.3. The topological polar surface area (TPSA) is 102 Å². The predicted octanol–water partition coefficient (Wildman–Crippen LogP) is 4.07. The average molecular weight is 433 g/mol. The van der Waals surface area contributed by atoms with Crippen LogP contribution >= 0.6 is 11.8 Å². The molecule has 29 heavy (non-hydrogen) atoms. The molecule has 0 aromatic carbocycles. The monoisotopic (exact) mass is 432 g/mol. The van der Waals surface area contributed by atoms with Crippen LogP contribution in [0.3, 0.4) is 0 Å². The number of carbonyl (C=O) groups excluding carboxylic acids is 1. The molecule has 0 bridgehead atoms. The number of aliphatic carboxylic acids is 1. The maximum absolute atomic E-state index is 13.1. The molecule has 0 rings (SSSR count). The fourth-order valence-electron chi connectivity index (χ4n) is 3.55. The van der Waals surface area contributed by atoms with Crippen molar-refractivity contribution in [2.45, 2.75) is 91.7 Å². The Kier molecular flexibility index (Phi) is 13.9. The van der Waals surface area contributed by atoms with Crippen molar-refractivity contribution in [2.75, 3.05) is 24.7 Å². The normalized spacial score (nSPS) is 13.5. The molecule has 0 saturated heterocycles. The van der Waals surface area contributed by atoms with E-state index in [1.807, 2.05) is 13.8 Å². The van der Waals surface area contributed by atoms with Gasteiger partial charge in [-0.2, -0.15) is 11.8 Å². The Morgan fingerprint density at radius 2 is 1.62 bits per heavy atom. The molecule has 0 unspecified atom stereocenters. The molecule has 0 spiro atoms. The highest BCUT2D eigenvalue weighted by Crippen LogP contribution is 2.33. The van der Waals surface area contributed by atoms with Crippen molar-refractivity contribution in [1.82, 2.24) is 5.32 Å². The number of carboxylic acids is 1. The highest BCUT2D eigenvalue weighted by atomic mass is 32.2. The molecule has 0 fully saturated rings. The second-order valence-electron chi connectivity index (χ2n) is 8.31. The minimum Gasteiger partial charge on any atom is -0.480 e. The molecule has 0 heterocycles. The maximum atomic E-state index is 13.1. The van der Waals surface area contributed by atoms with Gasteiger partial charge in [0.2, 0.25) is 5.91 Å². The minimum absolute atomic E-state index is 0.180. The van der Waals surface area contributed by atoms with E-state index in [-0.39, 0.29) is 11.5 Å². The quantitative estimate of drug-likeness (QED) is 0.320. The van der Waals surface area contributed by atoms with Crippen molar-refractivity contribution in [2.24, 2.45) is 17.1 Å². The largest absolute Gasteiger partial charge is 0.480 e. The summed E-state index contributed by atoms with van der Waals surface area (Å²) in [5.41, 5.74) is 4.90. The lowest BCUT2D eigenvalue weighted by molar-refractivity contribution is -0.144. The van der Waals surface area contributed by atoms with Crippen molar-refractivity contribution in [3.05, 3.63) is 0 Å². The van der Waals surface area contributed by atoms with Crippen LogP contribution in [0.25, 0.3) is 0 Å². The predicted molar refractivity (Wildman–Crippen MR) is 122 cm³/mol. The Morgan fingerprint density at radius 3 is 2.03 bits per heavy atom. The zero-order valence-electron chi connectivity index (χ0n) is 19.4. The number of hydrogen-bond acceptors (Lipinski definition) is 5. The van der Waals surface area contributed by atoms with E-state index in [0.717, 1.165) is 25.0 Å². The molecular weight excluding hydrogens is 388 g/mol. The van der Waals surface area contributed by atoms with Crippen LogP contribution < -0.4 is 11.1 Å². The van der Waals surface area contributed by atoms with Gasteiger partial charge in [-0.15, -0.1) is 0 Å². The standard InChI is InChI=1S/C22H44N2O4S/c1-7-21(8-2,12-14-28-22(9-3,10-4)11-13-23)20(27)24-18(19(25)26)16-29-15-17(5)6/h17-18H,7-16,23H2,1-6H3,(H,24,27)(H,25,26)/t18-/m0/s1. The highest BCUT2D eigenvalue weighted by Gasteiger charge is 2.37. The second kappa shape index (κ2) is 14.3. The number of rotatable bonds is 17. The first-order valence-electron chi connectivity index (χ1n) is 11.1. The van der Waals surface area contributed by atoms with Crippen LogP contribution in [0.2, 0.25) is 0 Å². The van der Waals surface area contributed by atoms with Crippen molar-refractivity contribution >= 4 is 23.6 Å². The van der Waals surface area contributed by atoms with E-state index < -0.39 is 17.4 Å². The summed E-state index contributed by atoms with van der Waals surface area (Å²) in [6, 6.07) is -0.868. The van der Waals surface area contributed by atoms with Gasteiger partial charge in [0.1, 0.15) is 6.04 Å². The van der Waals surface area contributed by atoms with Crippen LogP contribution in [0.15, 0.2) is 0 Å². The van der Waals surface area contributed by atoms with Gasteiger partial charge in [0, 0.05) is 12.4 Å². The first-order chi connectivity index (χ1) is 13.7. The molecule has 0 aliphatic carbocycles. The van der Waals surface area contributed by atoms with E-state index in [2.05, 4.69) is 33.0 Å². The number of ether oxygens (including phenoxy) is 1. The van der Waals surface area contributed by atoms with Gasteiger partial charge in [-0.3, -0.25) is 4.79 Å². The van der Waals surface area contributed by atoms with Gasteiger partial charge in [-0.1, -0.05) is 41.5 Å². The molecule has 0 saturated carbocycles. The molecule has 172 valence electrons. The van der Waals surface area contributed by atoms with Crippen LogP contribution in [-0.4, -0.2) is 53.3 Å². The number of hydrogen-bond donors (Lipinski definition) is 3. The van der Waals surface area contributed by atoms with Crippen LogP contribution in [0.1, 0.15) is 80.1 Å². The van der Waals surface area contributed by atoms with Crippen LogP contribution in [0.5, 0.6) is 0 Å². The summed E-state index contributed by atoms with van der Waals surface area (Å²) < 4.78 is 6.24. The van der Waals surface area contributed by atoms with Gasteiger partial charge in [0.25, 0.3) is 0 Å². The summed E-state index contributed by atoms with van der Waals surface area (Å²) in [7, 11) is 0. The minimum atomic E-state index is -0.981. The number of carbonyl (C=O) groups is 2. The third kappa shape index (κ3) is 9.26. The molecule has 7 heteroatoms. The van der Waals surface area contributed by atoms with E-state index >= 15 is 0 Å². The maximum Gasteiger partial charge on any atom is 0.327 e. The van der Waals surface area contributed by atoms with Gasteiger partial charge >= 0.3 is 5.97 Å². The summed E-state index contributed by atoms with van der Waals surface area (Å²) in [6.07, 6.45) is 4.42. The Bertz CT molecular complexity index is 477. The van der Waals surface area contributed by atoms with E-state index in [4.69, 9.17) is 10.5 Å². The molecule has 0 aromatic rings. The molecule has 1 amide bonds. The van der Waals surface area contributed by atoms with Gasteiger partial charge < -0.3 is 20.9 Å². The highest BCUT2D eigenvalue weighted by molar-refractivity contribution is 7.99. The summed E-state index contributed by atoms with van der Waals surface area (Å²) in [4.78, 5) is 24.7. The lowest BCUT2D eigenvalue weighted by Gasteiger charge is -2.35. The number of nitrogens with one attached hydrogen (secondary N) is 1. The van der Waals surface area contributed by atoms with Crippen molar-refractivity contribution < 1.29 is 19.4 Å². The summed E-state index contributed by atoms with van der Waals surface area (Å²) in [6.45, 7) is 13.4. The third-order valence-electron chi connectivity index (χ3n) is 6.05. The van der Waals surface area contributed by atoms with Crippen molar-refractivity contribution in [3.8, 4) is 0 Å². The van der Waals surface area contributed by atoms with E-state index in [0.29, 0.717) is 44.1 Å². The van der Waals surface area contributed by atoms with Gasteiger partial charge in [0.15, 0.2) is 0 Å². The first kappa shape index (κ1) is 28.2. The Morgan fingerprint density at radius 1 is 1.03 bits per heavy atom. The van der Waals surface area contributed by atoms with Crippen LogP contribution in [0.4, 0.5) is 0 Å². The zero-order chi connectivity index (χ0) is 22.5. The zero-order valence-corrected chi connectivity index (χ0v) is 20.2. The van der Waals surface area contributed by atoms with Gasteiger partial charge in [-0.25, -0.2) is 4.79 Å².